The van der Waals surface area contributed by atoms with Crippen LogP contribution in [0.2, 0.25) is 0 Å². The second-order valence-corrected chi connectivity index (χ2v) is 2.51. The number of hydrogen-bond donors (Lipinski definition) is 6. The maximum Gasteiger partial charge on any atom is 0.300 e. The van der Waals surface area contributed by atoms with Gasteiger partial charge in [0.25, 0.3) is 17.9 Å². The fourth-order valence-corrected chi connectivity index (χ4v) is 0.250. The van der Waals surface area contributed by atoms with Crippen LogP contribution in [0.25, 0.3) is 0 Å². The third kappa shape index (κ3) is 39600. The van der Waals surface area contributed by atoms with Gasteiger partial charge >= 0.3 is 0 Å². The van der Waals surface area contributed by atoms with Crippen LogP contribution in [0.5, 0.6) is 0 Å². The average Bonchev–Trinajstić information content (AvgIpc) is 2.19. The molecule has 0 atom stereocenters. The van der Waals surface area contributed by atoms with Crippen LogP contribution in [-0.2, 0) is 14.4 Å². The molecule has 0 aliphatic carbocycles. The molecule has 9 heteroatoms. The molecule has 0 aromatic rings. The standard InChI is InChI=1S/C4H11N.3C2H4O2.H3NO/c1-3-5-4-2;3*1-2(3)4;1-2/h5H,3-4H2,1-2H3;3*1H3,(H,3,4);2H,1H2. The van der Waals surface area contributed by atoms with E-state index in [9.17, 15) is 0 Å². The molecule has 0 spiro atoms. The van der Waals surface area contributed by atoms with E-state index in [-0.39, 0.29) is 0 Å². The molecule has 0 aliphatic rings. The predicted molar refractivity (Wildman–Crippen MR) is 70.1 cm³/mol. The highest BCUT2D eigenvalue weighted by Crippen LogP contribution is 1.47. The summed E-state index contributed by atoms with van der Waals surface area (Å²) in [6, 6.07) is 0. The van der Waals surface area contributed by atoms with Crippen molar-refractivity contribution in [3.05, 3.63) is 0 Å². The van der Waals surface area contributed by atoms with E-state index in [2.05, 4.69) is 25.1 Å². The van der Waals surface area contributed by atoms with E-state index in [1.54, 1.807) is 0 Å². The Bertz CT molecular complexity index is 156. The molecule has 0 aromatic heterocycles. The fourth-order valence-electron chi connectivity index (χ4n) is 0.250. The maximum atomic E-state index is 9.00. The molecule has 0 unspecified atom stereocenters. The largest absolute Gasteiger partial charge is 0.481 e. The molecule has 7 N–H and O–H groups in total. The molecular weight excluding hydrogens is 260 g/mol. The molecule has 0 aliphatic heterocycles. The summed E-state index contributed by atoms with van der Waals surface area (Å²) in [6.07, 6.45) is 0. The minimum atomic E-state index is -0.833. The van der Waals surface area contributed by atoms with Crippen molar-refractivity contribution >= 4 is 17.9 Å². The summed E-state index contributed by atoms with van der Waals surface area (Å²) in [7, 11) is 0. The molecule has 0 saturated heterocycles. The van der Waals surface area contributed by atoms with Crippen molar-refractivity contribution in [2.45, 2.75) is 34.6 Å². The summed E-state index contributed by atoms with van der Waals surface area (Å²) in [4.78, 5) is 27.0. The second kappa shape index (κ2) is 36.0. The van der Waals surface area contributed by atoms with Crippen molar-refractivity contribution in [1.29, 1.82) is 0 Å². The Labute approximate surface area is 113 Å². The SMILES string of the molecule is CC(=O)O.CC(=O)O.CC(=O)O.CCNCC.NO. The highest BCUT2D eigenvalue weighted by atomic mass is 16.4. The molecule has 0 aromatic carbocycles. The lowest BCUT2D eigenvalue weighted by Gasteiger charge is -1.86. The van der Waals surface area contributed by atoms with Crippen LogP contribution in [-0.4, -0.2) is 51.5 Å². The van der Waals surface area contributed by atoms with Crippen molar-refractivity contribution in [2.75, 3.05) is 13.1 Å². The van der Waals surface area contributed by atoms with E-state index in [0.29, 0.717) is 0 Å². The molecule has 0 bridgehead atoms. The zero-order valence-corrected chi connectivity index (χ0v) is 12.0. The number of aliphatic carboxylic acids is 3. The lowest BCUT2D eigenvalue weighted by atomic mass is 10.7. The number of nitrogens with one attached hydrogen (secondary N) is 1. The number of nitrogens with two attached hydrogens (primary N) is 1. The number of rotatable bonds is 2. The van der Waals surface area contributed by atoms with Gasteiger partial charge in [0.05, 0.1) is 0 Å². The quantitative estimate of drug-likeness (QED) is 0.388. The van der Waals surface area contributed by atoms with Crippen molar-refractivity contribution in [1.82, 2.24) is 5.32 Å². The Morgan fingerprint density at radius 2 is 0.895 bits per heavy atom. The lowest BCUT2D eigenvalue weighted by molar-refractivity contribution is -0.135. The molecule has 118 valence electrons. The first kappa shape index (κ1) is 30.4. The first-order valence-electron chi connectivity index (χ1n) is 5.16. The third-order valence-corrected chi connectivity index (χ3v) is 0.500. The molecule has 0 radical (unpaired) electrons. The van der Waals surface area contributed by atoms with E-state index < -0.39 is 17.9 Å². The summed E-state index contributed by atoms with van der Waals surface area (Å²) in [5.41, 5.74) is 0. The number of carboxylic acid groups (broad SMARTS) is 3. The fraction of sp³-hybridized carbons (Fsp3) is 0.700. The minimum Gasteiger partial charge on any atom is -0.481 e. The predicted octanol–water partition coefficient (Wildman–Crippen LogP) is 0.223. The van der Waals surface area contributed by atoms with E-state index >= 15 is 0 Å². The first-order chi connectivity index (χ1) is 8.61. The van der Waals surface area contributed by atoms with Crippen LogP contribution in [0.15, 0.2) is 0 Å². The zero-order valence-electron chi connectivity index (χ0n) is 12.0. The monoisotopic (exact) mass is 286 g/mol. The van der Waals surface area contributed by atoms with Gasteiger partial charge in [-0.25, -0.2) is 5.90 Å². The van der Waals surface area contributed by atoms with Crippen LogP contribution in [0.3, 0.4) is 0 Å². The van der Waals surface area contributed by atoms with Crippen molar-refractivity contribution < 1.29 is 34.9 Å². The summed E-state index contributed by atoms with van der Waals surface area (Å²) < 4.78 is 0. The summed E-state index contributed by atoms with van der Waals surface area (Å²) >= 11 is 0. The molecule has 0 saturated carbocycles. The van der Waals surface area contributed by atoms with Gasteiger partial charge in [-0.05, 0) is 13.1 Å². The minimum absolute atomic E-state index is 0.833. The molecule has 0 rings (SSSR count). The Hall–Kier alpha value is -1.71. The van der Waals surface area contributed by atoms with Crippen molar-refractivity contribution in [3.63, 3.8) is 0 Å². The second-order valence-electron chi connectivity index (χ2n) is 2.51. The van der Waals surface area contributed by atoms with Gasteiger partial charge in [0, 0.05) is 20.8 Å². The molecule has 0 amide bonds. The molecule has 0 heterocycles. The zero-order chi connectivity index (χ0) is 16.9. The van der Waals surface area contributed by atoms with Gasteiger partial charge in [0.2, 0.25) is 0 Å². The number of hydrogen-bond acceptors (Lipinski definition) is 6. The van der Waals surface area contributed by atoms with Crippen molar-refractivity contribution in [2.24, 2.45) is 5.90 Å². The molecule has 9 nitrogen and oxygen atoms in total. The van der Waals surface area contributed by atoms with Gasteiger partial charge in [-0.15, -0.1) is 0 Å². The summed E-state index contributed by atoms with van der Waals surface area (Å²) in [5.74, 6) is 1.00. The van der Waals surface area contributed by atoms with Gasteiger partial charge in [-0.3, -0.25) is 14.4 Å². The van der Waals surface area contributed by atoms with Gasteiger partial charge in [0.1, 0.15) is 0 Å². The Balaban J connectivity index is -0.0000000441. The van der Waals surface area contributed by atoms with Crippen LogP contribution in [0, 0.1) is 0 Å². The summed E-state index contributed by atoms with van der Waals surface area (Å²) in [6.45, 7) is 9.64. The Morgan fingerprint density at radius 1 is 0.789 bits per heavy atom. The summed E-state index contributed by atoms with van der Waals surface area (Å²) in [5, 5.41) is 31.9. The van der Waals surface area contributed by atoms with Crippen LogP contribution in [0.4, 0.5) is 0 Å². The Morgan fingerprint density at radius 3 is 0.895 bits per heavy atom. The molecule has 0 fully saturated rings. The third-order valence-electron chi connectivity index (χ3n) is 0.500. The van der Waals surface area contributed by atoms with Gasteiger partial charge in [-0.2, -0.15) is 0 Å². The molecule has 19 heavy (non-hydrogen) atoms. The normalized spacial score (nSPS) is 6.47. The number of carboxylic acids is 3. The smallest absolute Gasteiger partial charge is 0.300 e. The van der Waals surface area contributed by atoms with Gasteiger partial charge in [-0.1, -0.05) is 13.8 Å². The highest BCUT2D eigenvalue weighted by molar-refractivity contribution is 5.63. The number of carbonyl (C=O) groups is 3. The van der Waals surface area contributed by atoms with E-state index in [0.717, 1.165) is 33.9 Å². The van der Waals surface area contributed by atoms with Crippen LogP contribution < -0.4 is 11.2 Å². The van der Waals surface area contributed by atoms with Gasteiger partial charge < -0.3 is 25.8 Å². The van der Waals surface area contributed by atoms with Crippen LogP contribution >= 0.6 is 0 Å². The maximum absolute atomic E-state index is 9.00. The first-order valence-corrected chi connectivity index (χ1v) is 5.16. The van der Waals surface area contributed by atoms with E-state index in [1.165, 1.54) is 0 Å². The van der Waals surface area contributed by atoms with Crippen LogP contribution in [0.1, 0.15) is 34.6 Å². The Kier molecular flexibility index (Phi) is 57.5. The topological polar surface area (TPSA) is 170 Å². The van der Waals surface area contributed by atoms with E-state index in [4.69, 9.17) is 34.9 Å². The lowest BCUT2D eigenvalue weighted by Crippen LogP contribution is -2.09. The molecular formula is C10H26N2O7. The van der Waals surface area contributed by atoms with Gasteiger partial charge in [0.15, 0.2) is 0 Å². The van der Waals surface area contributed by atoms with Crippen molar-refractivity contribution in [3.8, 4) is 0 Å². The van der Waals surface area contributed by atoms with E-state index in [1.807, 2.05) is 0 Å². The average molecular weight is 286 g/mol. The highest BCUT2D eigenvalue weighted by Gasteiger charge is 1.66.